The van der Waals surface area contributed by atoms with E-state index in [2.05, 4.69) is 0 Å². The minimum atomic E-state index is -1.57. The molecule has 1 aromatic carbocycles. The van der Waals surface area contributed by atoms with E-state index in [-0.39, 0.29) is 38.8 Å². The Balaban J connectivity index is 1.63. The summed E-state index contributed by atoms with van der Waals surface area (Å²) < 4.78 is 31.9. The molecule has 0 bridgehead atoms. The van der Waals surface area contributed by atoms with Gasteiger partial charge in [0.15, 0.2) is 11.5 Å². The van der Waals surface area contributed by atoms with Gasteiger partial charge in [0.1, 0.15) is 55.7 Å². The van der Waals surface area contributed by atoms with Crippen LogP contribution in [-0.4, -0.2) is 71.0 Å². The number of carbonyl (C=O) groups is 2. The lowest BCUT2D eigenvalue weighted by atomic mass is 10.1. The van der Waals surface area contributed by atoms with E-state index in [9.17, 15) is 30.0 Å². The van der Waals surface area contributed by atoms with Gasteiger partial charge in [-0.05, 0) is 36.4 Å². The highest BCUT2D eigenvalue weighted by Crippen LogP contribution is 2.34. The van der Waals surface area contributed by atoms with Gasteiger partial charge in [0.2, 0.25) is 0 Å². The van der Waals surface area contributed by atoms with Gasteiger partial charge in [0.25, 0.3) is 0 Å². The smallest absolute Gasteiger partial charge is 0.340 e. The van der Waals surface area contributed by atoms with Crippen molar-refractivity contribution in [2.75, 3.05) is 26.4 Å². The van der Waals surface area contributed by atoms with Crippen LogP contribution in [0, 0.1) is 0 Å². The molecule has 2 atom stereocenters. The number of benzene rings is 1. The summed E-state index contributed by atoms with van der Waals surface area (Å²) >= 11 is 0. The molecule has 2 aromatic heterocycles. The van der Waals surface area contributed by atoms with Crippen LogP contribution in [0.3, 0.4) is 0 Å². The van der Waals surface area contributed by atoms with Gasteiger partial charge in [-0.15, -0.1) is 0 Å². The maximum absolute atomic E-state index is 11.9. The monoisotopic (exact) mass is 506 g/mol. The summed E-state index contributed by atoms with van der Waals surface area (Å²) in [5.41, 5.74) is -1.19. The predicted molar refractivity (Wildman–Crippen MR) is 120 cm³/mol. The average molecular weight is 506 g/mol. The molecule has 3 rings (SSSR count). The molecule has 12 heteroatoms. The molecule has 0 aliphatic rings. The van der Waals surface area contributed by atoms with Crippen LogP contribution in [0.25, 0.3) is 0 Å². The van der Waals surface area contributed by atoms with Crippen LogP contribution in [-0.2, 0) is 22.7 Å². The number of ether oxygens (including phenoxy) is 4. The quantitative estimate of drug-likeness (QED) is 0.223. The van der Waals surface area contributed by atoms with Crippen LogP contribution in [0.2, 0.25) is 0 Å². The third kappa shape index (κ3) is 7.85. The SMILES string of the molecule is O=C(O)c1ccc(OCC(O)COCc2ccco2)c(OCC(O)COCc2ccco2)c1C(=O)O. The fraction of sp³-hybridized carbons (Fsp3) is 0.333. The van der Waals surface area contributed by atoms with Gasteiger partial charge in [0, 0.05) is 0 Å². The summed E-state index contributed by atoms with van der Waals surface area (Å²) in [5.74, 6) is -2.48. The molecule has 194 valence electrons. The highest BCUT2D eigenvalue weighted by atomic mass is 16.5. The molecule has 0 fully saturated rings. The molecule has 2 unspecified atom stereocenters. The summed E-state index contributed by atoms with van der Waals surface area (Å²) in [6, 6.07) is 9.05. The number of rotatable bonds is 16. The van der Waals surface area contributed by atoms with Crippen molar-refractivity contribution in [1.82, 2.24) is 0 Å². The van der Waals surface area contributed by atoms with Crippen LogP contribution in [0.5, 0.6) is 11.5 Å². The van der Waals surface area contributed by atoms with Gasteiger partial charge in [-0.25, -0.2) is 9.59 Å². The summed E-state index contributed by atoms with van der Waals surface area (Å²) in [6.45, 7) is -0.769. The number of carboxylic acid groups (broad SMARTS) is 2. The number of carboxylic acids is 2. The molecular weight excluding hydrogens is 480 g/mol. The van der Waals surface area contributed by atoms with Crippen molar-refractivity contribution in [2.24, 2.45) is 0 Å². The zero-order valence-corrected chi connectivity index (χ0v) is 19.1. The Bertz CT molecular complexity index is 1090. The molecule has 36 heavy (non-hydrogen) atoms. The van der Waals surface area contributed by atoms with Crippen molar-refractivity contribution in [3.63, 3.8) is 0 Å². The highest BCUT2D eigenvalue weighted by Gasteiger charge is 2.26. The highest BCUT2D eigenvalue weighted by molar-refractivity contribution is 6.04. The number of hydrogen-bond donors (Lipinski definition) is 4. The minimum absolute atomic E-state index is 0.104. The second-order valence-corrected chi connectivity index (χ2v) is 7.54. The minimum Gasteiger partial charge on any atom is -0.487 e. The molecule has 0 radical (unpaired) electrons. The molecule has 0 aliphatic carbocycles. The standard InChI is InChI=1S/C24H26O12/c25-15(9-31-13-17-3-1-7-33-17)11-35-20-6-5-19(23(27)28)21(24(29)30)22(20)36-12-16(26)10-32-14-18-4-2-8-34-18/h1-8,15-16,25-26H,9-14H2,(H,27,28)(H,29,30). The maximum atomic E-state index is 11.9. The van der Waals surface area contributed by atoms with Crippen LogP contribution in [0.1, 0.15) is 32.2 Å². The van der Waals surface area contributed by atoms with Crippen LogP contribution < -0.4 is 9.47 Å². The van der Waals surface area contributed by atoms with Gasteiger partial charge in [-0.3, -0.25) is 0 Å². The first kappa shape index (κ1) is 26.8. The lowest BCUT2D eigenvalue weighted by Gasteiger charge is -2.19. The van der Waals surface area contributed by atoms with E-state index < -0.39 is 47.6 Å². The molecule has 4 N–H and O–H groups in total. The van der Waals surface area contributed by atoms with Crippen molar-refractivity contribution in [2.45, 2.75) is 25.4 Å². The Morgan fingerprint density at radius 2 is 1.31 bits per heavy atom. The van der Waals surface area contributed by atoms with E-state index in [1.807, 2.05) is 0 Å². The van der Waals surface area contributed by atoms with Crippen LogP contribution in [0.15, 0.2) is 57.8 Å². The van der Waals surface area contributed by atoms with Crippen molar-refractivity contribution < 1.29 is 57.8 Å². The molecule has 0 spiro atoms. The maximum Gasteiger partial charge on any atom is 0.340 e. The lowest BCUT2D eigenvalue weighted by molar-refractivity contribution is -0.00410. The van der Waals surface area contributed by atoms with Gasteiger partial charge in [-0.1, -0.05) is 0 Å². The van der Waals surface area contributed by atoms with E-state index in [1.54, 1.807) is 24.3 Å². The Hall–Kier alpha value is -3.84. The van der Waals surface area contributed by atoms with Crippen LogP contribution in [0.4, 0.5) is 0 Å². The summed E-state index contributed by atoms with van der Waals surface area (Å²) in [6.07, 6.45) is 0.692. The third-order valence-electron chi connectivity index (χ3n) is 4.69. The number of aliphatic hydroxyl groups is 2. The molecule has 0 saturated carbocycles. The van der Waals surface area contributed by atoms with Gasteiger partial charge >= 0.3 is 11.9 Å². The summed E-state index contributed by atoms with van der Waals surface area (Å²) in [4.78, 5) is 23.4. The first-order chi connectivity index (χ1) is 17.3. The van der Waals surface area contributed by atoms with Gasteiger partial charge in [-0.2, -0.15) is 0 Å². The topological polar surface area (TPSA) is 178 Å². The largest absolute Gasteiger partial charge is 0.487 e. The normalized spacial score (nSPS) is 12.7. The Kier molecular flexibility index (Phi) is 9.89. The molecule has 12 nitrogen and oxygen atoms in total. The lowest BCUT2D eigenvalue weighted by Crippen LogP contribution is -2.26. The van der Waals surface area contributed by atoms with E-state index in [1.165, 1.54) is 18.6 Å². The van der Waals surface area contributed by atoms with Gasteiger partial charge in [0.05, 0.1) is 31.3 Å². The molecule has 0 aliphatic heterocycles. The van der Waals surface area contributed by atoms with Gasteiger partial charge < -0.3 is 48.2 Å². The zero-order valence-electron chi connectivity index (χ0n) is 19.1. The van der Waals surface area contributed by atoms with Crippen molar-refractivity contribution >= 4 is 11.9 Å². The summed E-state index contributed by atoms with van der Waals surface area (Å²) in [5, 5.41) is 39.4. The molecule has 0 saturated heterocycles. The average Bonchev–Trinajstić information content (AvgIpc) is 3.55. The Labute approximate surface area is 205 Å². The molecule has 3 aromatic rings. The number of aromatic carboxylic acids is 2. The molecule has 0 amide bonds. The van der Waals surface area contributed by atoms with E-state index in [4.69, 9.17) is 27.8 Å². The van der Waals surface area contributed by atoms with Crippen LogP contribution >= 0.6 is 0 Å². The first-order valence-corrected chi connectivity index (χ1v) is 10.8. The number of hydrogen-bond acceptors (Lipinski definition) is 10. The van der Waals surface area contributed by atoms with Crippen molar-refractivity contribution in [3.8, 4) is 11.5 Å². The van der Waals surface area contributed by atoms with Crippen molar-refractivity contribution in [1.29, 1.82) is 0 Å². The Morgan fingerprint density at radius 1 is 0.750 bits per heavy atom. The van der Waals surface area contributed by atoms with Crippen molar-refractivity contribution in [3.05, 3.63) is 71.6 Å². The second-order valence-electron chi connectivity index (χ2n) is 7.54. The summed E-state index contributed by atoms with van der Waals surface area (Å²) in [7, 11) is 0. The Morgan fingerprint density at radius 3 is 1.78 bits per heavy atom. The molecular formula is C24H26O12. The number of furan rings is 2. The van der Waals surface area contributed by atoms with E-state index >= 15 is 0 Å². The fourth-order valence-corrected chi connectivity index (χ4v) is 3.05. The first-order valence-electron chi connectivity index (χ1n) is 10.8. The third-order valence-corrected chi connectivity index (χ3v) is 4.69. The van der Waals surface area contributed by atoms with E-state index in [0.717, 1.165) is 6.07 Å². The van der Waals surface area contributed by atoms with E-state index in [0.29, 0.717) is 11.5 Å². The fourth-order valence-electron chi connectivity index (χ4n) is 3.05. The number of aliphatic hydroxyl groups excluding tert-OH is 2. The zero-order chi connectivity index (χ0) is 25.9. The predicted octanol–water partition coefficient (Wildman–Crippen LogP) is 2.18. The molecule has 2 heterocycles. The second kappa shape index (κ2) is 13.3.